The van der Waals surface area contributed by atoms with Gasteiger partial charge in [0.15, 0.2) is 0 Å². The van der Waals surface area contributed by atoms with Gasteiger partial charge in [0.25, 0.3) is 0 Å². The van der Waals surface area contributed by atoms with Crippen molar-refractivity contribution in [2.24, 2.45) is 0 Å². The summed E-state index contributed by atoms with van der Waals surface area (Å²) in [5.41, 5.74) is 2.49. The molecule has 0 amide bonds. The largest absolute Gasteiger partial charge is 0.381 e. The van der Waals surface area contributed by atoms with Crippen LogP contribution in [-0.4, -0.2) is 24.5 Å². The van der Waals surface area contributed by atoms with Gasteiger partial charge in [0, 0.05) is 28.7 Å². The summed E-state index contributed by atoms with van der Waals surface area (Å²) in [6.45, 7) is 6.01. The van der Waals surface area contributed by atoms with Crippen LogP contribution >= 0.6 is 23.3 Å². The molecule has 2 atom stereocenters. The van der Waals surface area contributed by atoms with Crippen LogP contribution in [0.5, 0.6) is 0 Å². The molecule has 5 heteroatoms. The molecule has 1 aromatic carbocycles. The van der Waals surface area contributed by atoms with Crippen molar-refractivity contribution in [1.29, 1.82) is 5.26 Å². The summed E-state index contributed by atoms with van der Waals surface area (Å²) in [5.74, 6) is 0.386. The Bertz CT molecular complexity index is 703. The van der Waals surface area contributed by atoms with E-state index in [2.05, 4.69) is 48.9 Å². The molecule has 1 unspecified atom stereocenters. The van der Waals surface area contributed by atoms with Crippen molar-refractivity contribution in [2.75, 3.05) is 13.2 Å². The van der Waals surface area contributed by atoms with Crippen LogP contribution < -0.4 is 4.72 Å². The third-order valence-electron chi connectivity index (χ3n) is 4.15. The van der Waals surface area contributed by atoms with E-state index < -0.39 is 0 Å². The van der Waals surface area contributed by atoms with Gasteiger partial charge < -0.3 is 4.74 Å². The molecule has 1 fully saturated rings. The molecule has 24 heavy (non-hydrogen) atoms. The van der Waals surface area contributed by atoms with Crippen molar-refractivity contribution in [2.45, 2.75) is 37.5 Å². The fraction of sp³-hybridized carbons (Fsp3) is 0.421. The maximum atomic E-state index is 8.97. The Hall–Kier alpha value is -1.32. The smallest absolute Gasteiger partial charge is 0.110 e. The Morgan fingerprint density at radius 3 is 2.71 bits per heavy atom. The van der Waals surface area contributed by atoms with E-state index in [0.29, 0.717) is 17.2 Å². The van der Waals surface area contributed by atoms with E-state index in [1.165, 1.54) is 22.5 Å². The van der Waals surface area contributed by atoms with Crippen molar-refractivity contribution >= 4 is 23.3 Å². The molecule has 3 nitrogen and oxygen atoms in total. The number of ether oxygens (including phenoxy) is 1. The molecular weight excluding hydrogens is 336 g/mol. The van der Waals surface area contributed by atoms with Crippen LogP contribution in [0.25, 0.3) is 10.4 Å². The summed E-state index contributed by atoms with van der Waals surface area (Å²) in [6, 6.07) is 15.3. The van der Waals surface area contributed by atoms with Crippen LogP contribution in [0.4, 0.5) is 0 Å². The monoisotopic (exact) mass is 358 g/mol. The second kappa shape index (κ2) is 8.17. The Kier molecular flexibility index (Phi) is 5.96. The molecule has 0 bridgehead atoms. The Morgan fingerprint density at radius 2 is 2.04 bits per heavy atom. The molecular formula is C19H22N2OS2. The molecule has 0 saturated carbocycles. The van der Waals surface area contributed by atoms with Crippen molar-refractivity contribution in [3.63, 3.8) is 0 Å². The first-order chi connectivity index (χ1) is 11.7. The van der Waals surface area contributed by atoms with Crippen LogP contribution in [0.3, 0.4) is 0 Å². The highest BCUT2D eigenvalue weighted by Crippen LogP contribution is 2.32. The summed E-state index contributed by atoms with van der Waals surface area (Å²) in [5, 5.41) is 9.54. The number of nitriles is 1. The first-order valence-electron chi connectivity index (χ1n) is 8.26. The SMILES string of the molecule is CC(C)SNC1CCOC[C@@H]1c1ccc(-c2ccc(C#N)s2)cc1. The number of thiophene rings is 1. The summed E-state index contributed by atoms with van der Waals surface area (Å²) in [6.07, 6.45) is 1.04. The average Bonchev–Trinajstić information content (AvgIpc) is 3.09. The average molecular weight is 359 g/mol. The Morgan fingerprint density at radius 1 is 1.25 bits per heavy atom. The summed E-state index contributed by atoms with van der Waals surface area (Å²) in [4.78, 5) is 1.90. The molecule has 2 heterocycles. The lowest BCUT2D eigenvalue weighted by atomic mass is 9.89. The van der Waals surface area contributed by atoms with E-state index in [9.17, 15) is 0 Å². The van der Waals surface area contributed by atoms with E-state index in [1.54, 1.807) is 11.9 Å². The van der Waals surface area contributed by atoms with Gasteiger partial charge in [-0.05, 0) is 29.7 Å². The van der Waals surface area contributed by atoms with Crippen molar-refractivity contribution in [1.82, 2.24) is 4.72 Å². The molecule has 1 aliphatic heterocycles. The molecule has 0 spiro atoms. The lowest BCUT2D eigenvalue weighted by Gasteiger charge is -2.32. The third kappa shape index (κ3) is 4.20. The zero-order chi connectivity index (χ0) is 16.9. The van der Waals surface area contributed by atoms with E-state index in [4.69, 9.17) is 10.00 Å². The normalized spacial score (nSPS) is 20.9. The minimum absolute atomic E-state index is 0.386. The number of rotatable bonds is 5. The van der Waals surface area contributed by atoms with Gasteiger partial charge in [-0.3, -0.25) is 4.72 Å². The van der Waals surface area contributed by atoms with Crippen molar-refractivity contribution in [3.05, 3.63) is 46.8 Å². The molecule has 2 aromatic rings. The van der Waals surface area contributed by atoms with Gasteiger partial charge in [-0.25, -0.2) is 0 Å². The van der Waals surface area contributed by atoms with Crippen LogP contribution in [0.1, 0.15) is 36.6 Å². The van der Waals surface area contributed by atoms with E-state index >= 15 is 0 Å². The maximum absolute atomic E-state index is 8.97. The molecule has 1 aromatic heterocycles. The molecule has 1 N–H and O–H groups in total. The summed E-state index contributed by atoms with van der Waals surface area (Å²) in [7, 11) is 0. The molecule has 3 rings (SSSR count). The fourth-order valence-corrected chi connectivity index (χ4v) is 4.42. The fourth-order valence-electron chi connectivity index (χ4n) is 2.88. The molecule has 1 aliphatic rings. The van der Waals surface area contributed by atoms with E-state index in [1.807, 2.05) is 12.1 Å². The molecule has 1 saturated heterocycles. The number of hydrogen-bond acceptors (Lipinski definition) is 5. The van der Waals surface area contributed by atoms with Gasteiger partial charge in [-0.2, -0.15) is 5.26 Å². The van der Waals surface area contributed by atoms with Gasteiger partial charge in [0.05, 0.1) is 6.61 Å². The maximum Gasteiger partial charge on any atom is 0.110 e. The van der Waals surface area contributed by atoms with Gasteiger partial charge in [0.1, 0.15) is 10.9 Å². The highest BCUT2D eigenvalue weighted by Gasteiger charge is 2.27. The predicted octanol–water partition coefficient (Wildman–Crippen LogP) is 4.81. The molecule has 0 radical (unpaired) electrons. The third-order valence-corrected chi connectivity index (χ3v) is 6.10. The zero-order valence-electron chi connectivity index (χ0n) is 14.0. The van der Waals surface area contributed by atoms with Crippen LogP contribution in [-0.2, 0) is 4.74 Å². The van der Waals surface area contributed by atoms with Gasteiger partial charge in [0.2, 0.25) is 0 Å². The van der Waals surface area contributed by atoms with Gasteiger partial charge in [-0.15, -0.1) is 11.3 Å². The summed E-state index contributed by atoms with van der Waals surface area (Å²) < 4.78 is 9.35. The number of hydrogen-bond donors (Lipinski definition) is 1. The molecule has 0 aliphatic carbocycles. The van der Waals surface area contributed by atoms with Crippen molar-refractivity contribution in [3.8, 4) is 16.5 Å². The standard InChI is InChI=1S/C19H22N2OS2/c1-13(2)24-21-18-9-10-22-12-17(18)14-3-5-15(6-4-14)19-8-7-16(11-20)23-19/h3-8,13,17-18,21H,9-10,12H2,1-2H3/t17-,18?/m1/s1. The number of nitrogens with zero attached hydrogens (tertiary/aromatic N) is 1. The van der Waals surface area contributed by atoms with E-state index in [-0.39, 0.29) is 0 Å². The minimum Gasteiger partial charge on any atom is -0.381 e. The Labute approximate surface area is 152 Å². The molecule has 126 valence electrons. The van der Waals surface area contributed by atoms with Crippen LogP contribution in [0.15, 0.2) is 36.4 Å². The first-order valence-corrected chi connectivity index (χ1v) is 9.96. The highest BCUT2D eigenvalue weighted by molar-refractivity contribution is 7.98. The minimum atomic E-state index is 0.386. The van der Waals surface area contributed by atoms with Gasteiger partial charge >= 0.3 is 0 Å². The number of benzene rings is 1. The lowest BCUT2D eigenvalue weighted by molar-refractivity contribution is 0.0660. The summed E-state index contributed by atoms with van der Waals surface area (Å²) >= 11 is 3.34. The van der Waals surface area contributed by atoms with Crippen LogP contribution in [0.2, 0.25) is 0 Å². The van der Waals surface area contributed by atoms with E-state index in [0.717, 1.165) is 29.4 Å². The predicted molar refractivity (Wildman–Crippen MR) is 102 cm³/mol. The lowest BCUT2D eigenvalue weighted by Crippen LogP contribution is -2.38. The van der Waals surface area contributed by atoms with Crippen LogP contribution in [0, 0.1) is 11.3 Å². The second-order valence-electron chi connectivity index (χ2n) is 6.26. The Balaban J connectivity index is 1.74. The van der Waals surface area contributed by atoms with Gasteiger partial charge in [-0.1, -0.05) is 50.1 Å². The zero-order valence-corrected chi connectivity index (χ0v) is 15.6. The highest BCUT2D eigenvalue weighted by atomic mass is 32.2. The second-order valence-corrected chi connectivity index (χ2v) is 8.76. The van der Waals surface area contributed by atoms with Crippen molar-refractivity contribution < 1.29 is 4.74 Å². The first kappa shape index (κ1) is 17.5. The topological polar surface area (TPSA) is 45.0 Å². The quantitative estimate of drug-likeness (QED) is 0.780. The number of nitrogens with one attached hydrogen (secondary N) is 1.